The normalized spacial score (nSPS) is 12.5. The van der Waals surface area contributed by atoms with Crippen LogP contribution in [0, 0.1) is 0 Å². The fourth-order valence-corrected chi connectivity index (χ4v) is 10.4. The van der Waals surface area contributed by atoms with E-state index in [2.05, 4.69) is 266 Å². The average molecular weight is 814 g/mol. The van der Waals surface area contributed by atoms with Gasteiger partial charge in [0.25, 0.3) is 0 Å². The Morgan fingerprint density at radius 3 is 1.34 bits per heavy atom. The van der Waals surface area contributed by atoms with Crippen LogP contribution in [-0.4, -0.2) is 0 Å². The highest BCUT2D eigenvalue weighted by Crippen LogP contribution is 2.61. The molecule has 0 spiro atoms. The van der Waals surface area contributed by atoms with Gasteiger partial charge in [-0.15, -0.1) is 0 Å². The molecule has 1 aliphatic carbocycles. The number of hydrogen-bond acceptors (Lipinski definition) is 1. The molecular weight excluding hydrogens is 771 g/mol. The maximum absolute atomic E-state index is 2.55. The molecule has 1 aliphatic rings. The maximum atomic E-state index is 2.55. The lowest BCUT2D eigenvalue weighted by molar-refractivity contribution is 0.769. The van der Waals surface area contributed by atoms with Crippen LogP contribution in [0.5, 0.6) is 0 Å². The van der Waals surface area contributed by atoms with Gasteiger partial charge >= 0.3 is 0 Å². The smallest absolute Gasteiger partial charge is 0.0714 e. The van der Waals surface area contributed by atoms with Crippen molar-refractivity contribution in [1.82, 2.24) is 0 Å². The van der Waals surface area contributed by atoms with Crippen molar-refractivity contribution in [3.63, 3.8) is 0 Å². The first kappa shape index (κ1) is 37.5. The average Bonchev–Trinajstić information content (AvgIpc) is 3.68. The van der Waals surface area contributed by atoms with Gasteiger partial charge in [-0.2, -0.15) is 0 Å². The number of fused-ring (bicyclic) bond motifs is 6. The van der Waals surface area contributed by atoms with Gasteiger partial charge < -0.3 is 4.90 Å². The van der Waals surface area contributed by atoms with Gasteiger partial charge in [0.15, 0.2) is 0 Å². The van der Waals surface area contributed by atoms with Crippen LogP contribution < -0.4 is 4.90 Å². The molecule has 300 valence electrons. The van der Waals surface area contributed by atoms with E-state index in [1.807, 2.05) is 0 Å². The second-order valence-corrected chi connectivity index (χ2v) is 16.8. The van der Waals surface area contributed by atoms with Crippen LogP contribution in [0.2, 0.25) is 0 Å². The summed E-state index contributed by atoms with van der Waals surface area (Å²) >= 11 is 0. The summed E-state index contributed by atoms with van der Waals surface area (Å²) in [6.07, 6.45) is 0. The van der Waals surface area contributed by atoms with E-state index in [1.54, 1.807) is 0 Å². The Hall–Kier alpha value is -8.26. The van der Waals surface area contributed by atoms with E-state index in [0.29, 0.717) is 0 Å². The van der Waals surface area contributed by atoms with Crippen LogP contribution in [0.25, 0.3) is 66.1 Å². The van der Waals surface area contributed by atoms with E-state index in [0.717, 1.165) is 22.6 Å². The molecule has 0 radical (unpaired) electrons. The SMILES string of the molecule is c1ccc(-c2ccc(N(c3cc(-c4ccccc4)cc4c3-c3ccc(-c5ccccc5)cc3C4(c3ccccc3)c3ccccc3)c3cc4ccccc4c4ccccc34)cc2)cc1. The zero-order valence-electron chi connectivity index (χ0n) is 35.3. The van der Waals surface area contributed by atoms with Gasteiger partial charge in [0.2, 0.25) is 0 Å². The summed E-state index contributed by atoms with van der Waals surface area (Å²) < 4.78 is 0. The summed E-state index contributed by atoms with van der Waals surface area (Å²) in [5, 5.41) is 4.87. The molecule has 0 aliphatic heterocycles. The van der Waals surface area contributed by atoms with E-state index < -0.39 is 5.41 Å². The molecule has 1 heteroatoms. The second-order valence-electron chi connectivity index (χ2n) is 16.8. The molecule has 0 fully saturated rings. The lowest BCUT2D eigenvalue weighted by atomic mass is 9.67. The summed E-state index contributed by atoms with van der Waals surface area (Å²) in [7, 11) is 0. The van der Waals surface area contributed by atoms with E-state index in [1.165, 1.54) is 82.7 Å². The minimum absolute atomic E-state index is 0.647. The lowest BCUT2D eigenvalue weighted by Crippen LogP contribution is -2.28. The molecule has 11 aromatic rings. The monoisotopic (exact) mass is 813 g/mol. The Labute approximate surface area is 374 Å². The quantitative estimate of drug-likeness (QED) is 0.138. The summed E-state index contributed by atoms with van der Waals surface area (Å²) in [6.45, 7) is 0. The van der Waals surface area contributed by atoms with E-state index in [4.69, 9.17) is 0 Å². The van der Waals surface area contributed by atoms with Crippen LogP contribution in [0.4, 0.5) is 17.1 Å². The lowest BCUT2D eigenvalue weighted by Gasteiger charge is -2.35. The van der Waals surface area contributed by atoms with Crippen molar-refractivity contribution < 1.29 is 0 Å². The fourth-order valence-electron chi connectivity index (χ4n) is 10.4. The van der Waals surface area contributed by atoms with Crippen LogP contribution in [0.3, 0.4) is 0 Å². The first-order valence-corrected chi connectivity index (χ1v) is 22.2. The van der Waals surface area contributed by atoms with Gasteiger partial charge in [0, 0.05) is 16.6 Å². The molecule has 0 heterocycles. The molecule has 0 atom stereocenters. The van der Waals surface area contributed by atoms with Crippen LogP contribution in [0.15, 0.2) is 261 Å². The van der Waals surface area contributed by atoms with Crippen molar-refractivity contribution in [2.75, 3.05) is 4.90 Å². The first-order valence-electron chi connectivity index (χ1n) is 22.2. The summed E-state index contributed by atoms with van der Waals surface area (Å²) in [4.78, 5) is 2.55. The van der Waals surface area contributed by atoms with Gasteiger partial charge in [0.05, 0.1) is 16.8 Å². The highest BCUT2D eigenvalue weighted by atomic mass is 15.1. The van der Waals surface area contributed by atoms with Crippen LogP contribution in [0.1, 0.15) is 22.3 Å². The number of benzene rings is 11. The molecule has 0 saturated heterocycles. The summed E-state index contributed by atoms with van der Waals surface area (Å²) in [5.41, 5.74) is 17.3. The highest BCUT2D eigenvalue weighted by Gasteiger charge is 2.48. The van der Waals surface area contributed by atoms with Crippen molar-refractivity contribution in [2.24, 2.45) is 0 Å². The van der Waals surface area contributed by atoms with E-state index >= 15 is 0 Å². The van der Waals surface area contributed by atoms with Gasteiger partial charge in [-0.25, -0.2) is 0 Å². The molecule has 64 heavy (non-hydrogen) atoms. The molecule has 0 saturated carbocycles. The maximum Gasteiger partial charge on any atom is 0.0714 e. The molecule has 1 nitrogen and oxygen atoms in total. The predicted octanol–water partition coefficient (Wildman–Crippen LogP) is 16.8. The minimum Gasteiger partial charge on any atom is -0.309 e. The Morgan fingerprint density at radius 2 is 0.734 bits per heavy atom. The van der Waals surface area contributed by atoms with E-state index in [-0.39, 0.29) is 0 Å². The highest BCUT2D eigenvalue weighted by molar-refractivity contribution is 6.15. The minimum atomic E-state index is -0.647. The number of hydrogen-bond donors (Lipinski definition) is 0. The molecule has 0 N–H and O–H groups in total. The zero-order chi connectivity index (χ0) is 42.5. The van der Waals surface area contributed by atoms with Gasteiger partial charge in [-0.05, 0) is 114 Å². The Balaban J connectivity index is 1.25. The Morgan fingerprint density at radius 1 is 0.281 bits per heavy atom. The predicted molar refractivity (Wildman–Crippen MR) is 270 cm³/mol. The van der Waals surface area contributed by atoms with Crippen LogP contribution in [-0.2, 0) is 5.41 Å². The summed E-state index contributed by atoms with van der Waals surface area (Å²) in [6, 6.07) is 96.2. The van der Waals surface area contributed by atoms with Crippen molar-refractivity contribution in [3.05, 3.63) is 283 Å². The number of nitrogens with zero attached hydrogens (tertiary/aromatic N) is 1. The third-order valence-electron chi connectivity index (χ3n) is 13.3. The van der Waals surface area contributed by atoms with Crippen LogP contribution >= 0.6 is 0 Å². The third kappa shape index (κ3) is 6.08. The molecule has 0 bridgehead atoms. The number of anilines is 3. The fraction of sp³-hybridized carbons (Fsp3) is 0.0159. The Bertz CT molecular complexity index is 3410. The summed E-state index contributed by atoms with van der Waals surface area (Å²) in [5.74, 6) is 0. The molecule has 12 rings (SSSR count). The van der Waals surface area contributed by atoms with Crippen molar-refractivity contribution >= 4 is 38.6 Å². The second kappa shape index (κ2) is 15.6. The third-order valence-corrected chi connectivity index (χ3v) is 13.3. The van der Waals surface area contributed by atoms with Crippen molar-refractivity contribution in [1.29, 1.82) is 0 Å². The van der Waals surface area contributed by atoms with Gasteiger partial charge in [0.1, 0.15) is 0 Å². The Kier molecular flexibility index (Phi) is 9.13. The standard InChI is InChI=1S/C63H43N/c1-6-20-44(21-7-1)47-34-37-53(38-35-47)64(60-42-49-26-16-17-31-54(49)55-32-18-19-33-56(55)60)61-43-50(46-24-10-3-11-25-46)41-59-62(61)57-39-36-48(45-22-8-2-9-23-45)40-58(57)63(59,51-27-12-4-13-28-51)52-29-14-5-15-30-52/h1-43H. The molecule has 0 amide bonds. The number of rotatable bonds is 8. The van der Waals surface area contributed by atoms with Crippen molar-refractivity contribution in [2.45, 2.75) is 5.41 Å². The van der Waals surface area contributed by atoms with E-state index in [9.17, 15) is 0 Å². The largest absolute Gasteiger partial charge is 0.309 e. The van der Waals surface area contributed by atoms with Crippen molar-refractivity contribution in [3.8, 4) is 44.5 Å². The molecule has 0 aromatic heterocycles. The van der Waals surface area contributed by atoms with Gasteiger partial charge in [-0.3, -0.25) is 0 Å². The van der Waals surface area contributed by atoms with Gasteiger partial charge in [-0.1, -0.05) is 224 Å². The molecular formula is C63H43N. The molecule has 0 unspecified atom stereocenters. The first-order chi connectivity index (χ1) is 31.8. The zero-order valence-corrected chi connectivity index (χ0v) is 35.3. The topological polar surface area (TPSA) is 3.24 Å². The molecule has 11 aromatic carbocycles.